The lowest BCUT2D eigenvalue weighted by Crippen LogP contribution is -2.48. The van der Waals surface area contributed by atoms with Crippen LogP contribution >= 0.6 is 0 Å². The van der Waals surface area contributed by atoms with Crippen molar-refractivity contribution >= 4 is 11.9 Å². The maximum absolute atomic E-state index is 11.8. The second kappa shape index (κ2) is 6.31. The highest BCUT2D eigenvalue weighted by molar-refractivity contribution is 5.78. The molecule has 3 amide bonds. The number of hydrazine groups is 1. The first-order valence-electron chi connectivity index (χ1n) is 6.46. The first-order valence-corrected chi connectivity index (χ1v) is 6.46. The minimum atomic E-state index is -0.772. The normalized spacial score (nSPS) is 13.6. The number of benzene rings is 1. The summed E-state index contributed by atoms with van der Waals surface area (Å²) in [6.07, 6.45) is 0.0734. The molecule has 0 bridgehead atoms. The van der Waals surface area contributed by atoms with E-state index in [1.54, 1.807) is 13.0 Å². The van der Waals surface area contributed by atoms with E-state index in [2.05, 4.69) is 5.32 Å². The van der Waals surface area contributed by atoms with Gasteiger partial charge in [-0.05, 0) is 24.6 Å². The van der Waals surface area contributed by atoms with E-state index in [-0.39, 0.29) is 19.1 Å². The van der Waals surface area contributed by atoms with E-state index in [0.29, 0.717) is 18.0 Å². The Morgan fingerprint density at radius 3 is 2.81 bits per heavy atom. The lowest BCUT2D eigenvalue weighted by Gasteiger charge is -2.21. The van der Waals surface area contributed by atoms with E-state index in [9.17, 15) is 9.59 Å². The molecule has 1 aliphatic rings. The minimum Gasteiger partial charge on any atom is -0.454 e. The summed E-state index contributed by atoms with van der Waals surface area (Å²) in [4.78, 5) is 22.7. The Morgan fingerprint density at radius 1 is 1.38 bits per heavy atom. The number of amides is 3. The summed E-state index contributed by atoms with van der Waals surface area (Å²) in [5.74, 6) is 6.56. The fourth-order valence-electron chi connectivity index (χ4n) is 1.91. The van der Waals surface area contributed by atoms with Crippen molar-refractivity contribution in [2.24, 2.45) is 11.6 Å². The molecule has 0 fully saturated rings. The number of hydrogen-bond acceptors (Lipinski definition) is 5. The van der Waals surface area contributed by atoms with Gasteiger partial charge in [0.25, 0.3) is 0 Å². The van der Waals surface area contributed by atoms with Crippen LogP contribution in [0, 0.1) is 0 Å². The van der Waals surface area contributed by atoms with Crippen LogP contribution in [0.1, 0.15) is 18.9 Å². The molecule has 114 valence electrons. The number of hydrogen-bond donors (Lipinski definition) is 3. The van der Waals surface area contributed by atoms with E-state index >= 15 is 0 Å². The van der Waals surface area contributed by atoms with Gasteiger partial charge in [-0.2, -0.15) is 0 Å². The summed E-state index contributed by atoms with van der Waals surface area (Å²) in [6.45, 7) is 2.20. The van der Waals surface area contributed by atoms with Crippen LogP contribution < -0.4 is 26.4 Å². The summed E-state index contributed by atoms with van der Waals surface area (Å²) < 4.78 is 10.5. The number of primary amides is 1. The van der Waals surface area contributed by atoms with Gasteiger partial charge in [0.1, 0.15) is 0 Å². The van der Waals surface area contributed by atoms with Gasteiger partial charge in [-0.15, -0.1) is 0 Å². The summed E-state index contributed by atoms with van der Waals surface area (Å²) >= 11 is 0. The molecule has 1 aliphatic heterocycles. The summed E-state index contributed by atoms with van der Waals surface area (Å²) in [6, 6.07) is 4.20. The van der Waals surface area contributed by atoms with E-state index in [1.807, 2.05) is 12.1 Å². The first kappa shape index (κ1) is 14.9. The molecule has 1 aromatic carbocycles. The number of nitrogens with zero attached hydrogens (tertiary/aromatic N) is 1. The van der Waals surface area contributed by atoms with Crippen molar-refractivity contribution < 1.29 is 19.1 Å². The topological polar surface area (TPSA) is 120 Å². The van der Waals surface area contributed by atoms with E-state index in [4.69, 9.17) is 21.1 Å². The average Bonchev–Trinajstić information content (AvgIpc) is 2.91. The van der Waals surface area contributed by atoms with Gasteiger partial charge >= 0.3 is 6.03 Å². The Morgan fingerprint density at radius 2 is 2.10 bits per heavy atom. The molecule has 0 spiro atoms. The molecular formula is C13H18N4O4. The van der Waals surface area contributed by atoms with Gasteiger partial charge in [-0.1, -0.05) is 6.07 Å². The number of urea groups is 1. The smallest absolute Gasteiger partial charge is 0.329 e. The SMILES string of the molecule is CC(CC(=O)NCc1ccc2c(c1)OCO2)N(N)C(N)=O. The number of nitrogens with one attached hydrogen (secondary N) is 1. The molecular weight excluding hydrogens is 276 g/mol. The third-order valence-electron chi connectivity index (χ3n) is 3.14. The molecule has 0 saturated carbocycles. The van der Waals surface area contributed by atoms with Crippen LogP contribution in [-0.2, 0) is 11.3 Å². The quantitative estimate of drug-likeness (QED) is 0.403. The van der Waals surface area contributed by atoms with E-state index in [1.165, 1.54) is 0 Å². The zero-order chi connectivity index (χ0) is 15.4. The van der Waals surface area contributed by atoms with Gasteiger partial charge in [0.05, 0.1) is 6.04 Å². The van der Waals surface area contributed by atoms with Gasteiger partial charge in [0.2, 0.25) is 12.7 Å². The highest BCUT2D eigenvalue weighted by atomic mass is 16.7. The molecule has 1 heterocycles. The van der Waals surface area contributed by atoms with Gasteiger partial charge in [0, 0.05) is 13.0 Å². The predicted molar refractivity (Wildman–Crippen MR) is 74.1 cm³/mol. The summed E-state index contributed by atoms with van der Waals surface area (Å²) in [5, 5.41) is 3.58. The molecule has 5 N–H and O–H groups in total. The summed E-state index contributed by atoms with van der Waals surface area (Å²) in [5.41, 5.74) is 5.92. The van der Waals surface area contributed by atoms with Crippen LogP contribution in [0.3, 0.4) is 0 Å². The minimum absolute atomic E-state index is 0.0734. The Hall–Kier alpha value is -2.48. The van der Waals surface area contributed by atoms with Crippen molar-refractivity contribution in [1.82, 2.24) is 10.3 Å². The molecule has 1 unspecified atom stereocenters. The molecule has 0 radical (unpaired) electrons. The zero-order valence-electron chi connectivity index (χ0n) is 11.7. The Kier molecular flexibility index (Phi) is 4.49. The molecule has 0 aromatic heterocycles. The van der Waals surface area contributed by atoms with Gasteiger partial charge < -0.3 is 20.5 Å². The molecule has 8 nitrogen and oxygen atoms in total. The highest BCUT2D eigenvalue weighted by Gasteiger charge is 2.17. The lowest BCUT2D eigenvalue weighted by atomic mass is 10.2. The standard InChI is InChI=1S/C13H18N4O4/c1-8(17(15)13(14)19)4-12(18)16-6-9-2-3-10-11(5-9)21-7-20-10/h2-3,5,8H,4,6-7,15H2,1H3,(H2,14,19)(H,16,18). The van der Waals surface area contributed by atoms with Crippen molar-refractivity contribution in [2.75, 3.05) is 6.79 Å². The largest absolute Gasteiger partial charge is 0.454 e. The second-order valence-corrected chi connectivity index (χ2v) is 4.76. The maximum atomic E-state index is 11.8. The maximum Gasteiger partial charge on any atom is 0.329 e. The Bertz CT molecular complexity index is 549. The van der Waals surface area contributed by atoms with Crippen molar-refractivity contribution in [3.63, 3.8) is 0 Å². The van der Waals surface area contributed by atoms with Crippen molar-refractivity contribution in [3.8, 4) is 11.5 Å². The summed E-state index contributed by atoms with van der Waals surface area (Å²) in [7, 11) is 0. The van der Waals surface area contributed by atoms with E-state index in [0.717, 1.165) is 10.6 Å². The average molecular weight is 294 g/mol. The molecule has 1 atom stereocenters. The molecule has 2 rings (SSSR count). The van der Waals surface area contributed by atoms with Crippen molar-refractivity contribution in [1.29, 1.82) is 0 Å². The Labute approximate surface area is 121 Å². The van der Waals surface area contributed by atoms with Crippen molar-refractivity contribution in [2.45, 2.75) is 25.9 Å². The number of nitrogens with two attached hydrogens (primary N) is 2. The van der Waals surface area contributed by atoms with Gasteiger partial charge in [0.15, 0.2) is 11.5 Å². The fourth-order valence-corrected chi connectivity index (χ4v) is 1.91. The molecule has 0 saturated heterocycles. The van der Waals surface area contributed by atoms with E-state index < -0.39 is 12.1 Å². The van der Waals surface area contributed by atoms with Crippen LogP contribution in [0.5, 0.6) is 11.5 Å². The number of fused-ring (bicyclic) bond motifs is 1. The van der Waals surface area contributed by atoms with Gasteiger partial charge in [-0.25, -0.2) is 10.6 Å². The molecule has 21 heavy (non-hydrogen) atoms. The second-order valence-electron chi connectivity index (χ2n) is 4.76. The third-order valence-corrected chi connectivity index (χ3v) is 3.14. The molecule has 0 aliphatic carbocycles. The molecule has 1 aromatic rings. The van der Waals surface area contributed by atoms with Crippen LogP contribution in [0.2, 0.25) is 0 Å². The van der Waals surface area contributed by atoms with Crippen LogP contribution in [0.4, 0.5) is 4.79 Å². The fraction of sp³-hybridized carbons (Fsp3) is 0.385. The highest BCUT2D eigenvalue weighted by Crippen LogP contribution is 2.32. The van der Waals surface area contributed by atoms with Crippen molar-refractivity contribution in [3.05, 3.63) is 23.8 Å². The monoisotopic (exact) mass is 294 g/mol. The van der Waals surface area contributed by atoms with Gasteiger partial charge in [-0.3, -0.25) is 9.80 Å². The van der Waals surface area contributed by atoms with Crippen LogP contribution in [0.25, 0.3) is 0 Å². The molecule has 8 heteroatoms. The zero-order valence-corrected chi connectivity index (χ0v) is 11.7. The lowest BCUT2D eigenvalue weighted by molar-refractivity contribution is -0.122. The number of rotatable bonds is 5. The van der Waals surface area contributed by atoms with Crippen LogP contribution in [-0.4, -0.2) is 29.8 Å². The third kappa shape index (κ3) is 3.76. The Balaban J connectivity index is 1.83. The van der Waals surface area contributed by atoms with Crippen LogP contribution in [0.15, 0.2) is 18.2 Å². The number of carbonyl (C=O) groups is 2. The number of carbonyl (C=O) groups excluding carboxylic acids is 2. The number of ether oxygens (including phenoxy) is 2. The predicted octanol–water partition coefficient (Wildman–Crippen LogP) is 0.0645. The first-order chi connectivity index (χ1) is 9.97.